The number of hydrogen-bond donors (Lipinski definition) is 1. The monoisotopic (exact) mass is 473 g/mol. The van der Waals surface area contributed by atoms with Crippen molar-refractivity contribution in [2.75, 3.05) is 6.61 Å². The van der Waals surface area contributed by atoms with E-state index in [-0.39, 0.29) is 18.9 Å². The van der Waals surface area contributed by atoms with Gasteiger partial charge in [0.2, 0.25) is 5.91 Å². The van der Waals surface area contributed by atoms with E-state index in [4.69, 9.17) is 9.73 Å². The Kier molecular flexibility index (Phi) is 6.28. The Morgan fingerprint density at radius 1 is 1.15 bits per heavy atom. The molecule has 1 atom stereocenters. The lowest BCUT2D eigenvalue weighted by Gasteiger charge is -2.37. The van der Waals surface area contributed by atoms with E-state index >= 15 is 0 Å². The number of nitrogens with one attached hydrogen (secondary N) is 1. The average Bonchev–Trinajstić information content (AvgIpc) is 3.56. The lowest BCUT2D eigenvalue weighted by atomic mass is 9.90. The van der Waals surface area contributed by atoms with Crippen molar-refractivity contribution in [1.82, 2.24) is 10.2 Å². The lowest BCUT2D eigenvalue weighted by Crippen LogP contribution is -2.38. The quantitative estimate of drug-likeness (QED) is 0.577. The van der Waals surface area contributed by atoms with Crippen LogP contribution in [0.15, 0.2) is 76.3 Å². The number of carbonyl (C=O) groups excluding carboxylic acids is 2. The number of fused-ring (bicyclic) bond motifs is 1. The number of benzene rings is 2. The summed E-state index contributed by atoms with van der Waals surface area (Å²) < 4.78 is 5.54. The summed E-state index contributed by atoms with van der Waals surface area (Å²) in [7, 11) is 0. The van der Waals surface area contributed by atoms with Crippen LogP contribution in [0.25, 0.3) is 5.70 Å². The molecule has 1 unspecified atom stereocenters. The molecular formula is C27H27N3O3S. The zero-order valence-electron chi connectivity index (χ0n) is 19.3. The summed E-state index contributed by atoms with van der Waals surface area (Å²) in [6.07, 6.45) is 2.32. The number of rotatable bonds is 7. The molecule has 2 aliphatic heterocycles. The fraction of sp³-hybridized carbons (Fsp3) is 0.296. The predicted octanol–water partition coefficient (Wildman–Crippen LogP) is 4.94. The van der Waals surface area contributed by atoms with Gasteiger partial charge in [-0.25, -0.2) is 9.79 Å². The highest BCUT2D eigenvalue weighted by Crippen LogP contribution is 2.47. The Morgan fingerprint density at radius 2 is 1.94 bits per heavy atom. The number of nitrogens with zero attached hydrogens (tertiary/aromatic N) is 2. The summed E-state index contributed by atoms with van der Waals surface area (Å²) >= 11 is 1.49. The molecule has 1 fully saturated rings. The second-order valence-electron chi connectivity index (χ2n) is 8.68. The number of amidine groups is 1. The third kappa shape index (κ3) is 4.53. The van der Waals surface area contributed by atoms with E-state index in [1.807, 2.05) is 65.8 Å². The Morgan fingerprint density at radius 3 is 2.65 bits per heavy atom. The summed E-state index contributed by atoms with van der Waals surface area (Å²) in [4.78, 5) is 33.1. The molecule has 1 amide bonds. The first-order valence-electron chi connectivity index (χ1n) is 11.6. The maximum atomic E-state index is 13.4. The zero-order valence-corrected chi connectivity index (χ0v) is 20.1. The molecule has 2 heterocycles. The van der Waals surface area contributed by atoms with Crippen molar-refractivity contribution in [2.45, 2.75) is 45.2 Å². The van der Waals surface area contributed by atoms with Gasteiger partial charge in [-0.2, -0.15) is 0 Å². The normalized spacial score (nSPS) is 19.4. The molecule has 0 aromatic heterocycles. The van der Waals surface area contributed by atoms with Crippen LogP contribution in [-0.4, -0.2) is 34.6 Å². The topological polar surface area (TPSA) is 71.0 Å². The van der Waals surface area contributed by atoms with Gasteiger partial charge in [-0.15, -0.1) is 0 Å². The molecule has 0 radical (unpaired) electrons. The van der Waals surface area contributed by atoms with Crippen molar-refractivity contribution in [3.63, 3.8) is 0 Å². The number of carbonyl (C=O) groups is 2. The molecule has 1 saturated carbocycles. The number of esters is 1. The SMILES string of the molecule is CCOC(=O)C1=C(c2ccccc2)N=C2SC=C(CC(=O)NC3CC3)N2C1c1cccc(C)c1. The van der Waals surface area contributed by atoms with Crippen LogP contribution in [0, 0.1) is 6.92 Å². The minimum Gasteiger partial charge on any atom is -0.463 e. The van der Waals surface area contributed by atoms with Gasteiger partial charge in [0, 0.05) is 17.3 Å². The second-order valence-corrected chi connectivity index (χ2v) is 9.51. The fourth-order valence-electron chi connectivity index (χ4n) is 4.31. The van der Waals surface area contributed by atoms with Crippen LogP contribution in [0.3, 0.4) is 0 Å². The summed E-state index contributed by atoms with van der Waals surface area (Å²) in [6.45, 7) is 4.10. The molecule has 1 aliphatic carbocycles. The van der Waals surface area contributed by atoms with Gasteiger partial charge in [0.15, 0.2) is 5.17 Å². The van der Waals surface area contributed by atoms with Crippen LogP contribution in [-0.2, 0) is 14.3 Å². The maximum absolute atomic E-state index is 13.4. The molecule has 3 aliphatic rings. The van der Waals surface area contributed by atoms with E-state index in [1.54, 1.807) is 6.92 Å². The van der Waals surface area contributed by atoms with Gasteiger partial charge in [-0.05, 0) is 37.7 Å². The van der Waals surface area contributed by atoms with Gasteiger partial charge < -0.3 is 15.0 Å². The van der Waals surface area contributed by atoms with Crippen molar-refractivity contribution < 1.29 is 14.3 Å². The van der Waals surface area contributed by atoms with E-state index in [0.29, 0.717) is 17.3 Å². The maximum Gasteiger partial charge on any atom is 0.338 e. The van der Waals surface area contributed by atoms with Gasteiger partial charge in [0.05, 0.1) is 30.3 Å². The molecule has 1 N–H and O–H groups in total. The number of ether oxygens (including phenoxy) is 1. The van der Waals surface area contributed by atoms with Gasteiger partial charge in [0.25, 0.3) is 0 Å². The highest BCUT2D eigenvalue weighted by Gasteiger charge is 2.42. The first kappa shape index (κ1) is 22.5. The van der Waals surface area contributed by atoms with Crippen molar-refractivity contribution in [3.8, 4) is 0 Å². The van der Waals surface area contributed by atoms with Gasteiger partial charge in [0.1, 0.15) is 0 Å². The number of aryl methyl sites for hydroxylation is 1. The van der Waals surface area contributed by atoms with E-state index in [2.05, 4.69) is 11.4 Å². The van der Waals surface area contributed by atoms with Crippen LogP contribution < -0.4 is 5.32 Å². The van der Waals surface area contributed by atoms with Crippen molar-refractivity contribution in [2.24, 2.45) is 4.99 Å². The van der Waals surface area contributed by atoms with Crippen LogP contribution >= 0.6 is 11.8 Å². The van der Waals surface area contributed by atoms with Gasteiger partial charge in [-0.1, -0.05) is 71.9 Å². The summed E-state index contributed by atoms with van der Waals surface area (Å²) in [5.41, 5.74) is 4.84. The zero-order chi connectivity index (χ0) is 23.7. The Labute approximate surface area is 203 Å². The molecule has 2 aromatic rings. The summed E-state index contributed by atoms with van der Waals surface area (Å²) in [6, 6.07) is 17.7. The lowest BCUT2D eigenvalue weighted by molar-refractivity contribution is -0.139. The largest absolute Gasteiger partial charge is 0.463 e. The number of thioether (sulfide) groups is 1. The number of amides is 1. The summed E-state index contributed by atoms with van der Waals surface area (Å²) in [5.74, 6) is -0.400. The minimum absolute atomic E-state index is 0.00545. The Balaban J connectivity index is 1.63. The van der Waals surface area contributed by atoms with E-state index in [9.17, 15) is 9.59 Å². The van der Waals surface area contributed by atoms with E-state index in [1.165, 1.54) is 11.8 Å². The molecular weight excluding hydrogens is 446 g/mol. The van der Waals surface area contributed by atoms with Crippen LogP contribution in [0.2, 0.25) is 0 Å². The van der Waals surface area contributed by atoms with Gasteiger partial charge in [-0.3, -0.25) is 4.79 Å². The van der Waals surface area contributed by atoms with Crippen molar-refractivity contribution in [3.05, 3.63) is 88.0 Å². The molecule has 34 heavy (non-hydrogen) atoms. The van der Waals surface area contributed by atoms with Crippen molar-refractivity contribution in [1.29, 1.82) is 0 Å². The summed E-state index contributed by atoms with van der Waals surface area (Å²) in [5, 5.41) is 5.80. The molecule has 0 spiro atoms. The number of hydrogen-bond acceptors (Lipinski definition) is 6. The smallest absolute Gasteiger partial charge is 0.338 e. The molecule has 7 heteroatoms. The second kappa shape index (κ2) is 9.50. The highest BCUT2D eigenvalue weighted by atomic mass is 32.2. The molecule has 0 bridgehead atoms. The molecule has 2 aromatic carbocycles. The first-order chi connectivity index (χ1) is 16.5. The van der Waals surface area contributed by atoms with E-state index in [0.717, 1.165) is 40.4 Å². The molecule has 5 rings (SSSR count). The third-order valence-electron chi connectivity index (χ3n) is 5.99. The molecule has 0 saturated heterocycles. The average molecular weight is 474 g/mol. The van der Waals surface area contributed by atoms with Gasteiger partial charge >= 0.3 is 5.97 Å². The van der Waals surface area contributed by atoms with Crippen LogP contribution in [0.5, 0.6) is 0 Å². The first-order valence-corrected chi connectivity index (χ1v) is 12.5. The van der Waals surface area contributed by atoms with Crippen LogP contribution in [0.4, 0.5) is 0 Å². The number of aliphatic imine (C=N–C) groups is 1. The standard InChI is InChI=1S/C27H27N3O3S/c1-3-33-26(32)23-24(18-9-5-4-6-10-18)29-27-30(25(23)19-11-7-8-17(2)14-19)21(16-34-27)15-22(31)28-20-12-13-20/h4-11,14,16,20,25H,3,12-13,15H2,1-2H3,(H,28,31). The Hall–Kier alpha value is -3.32. The molecule has 174 valence electrons. The minimum atomic E-state index is -0.448. The third-order valence-corrected chi connectivity index (χ3v) is 6.88. The highest BCUT2D eigenvalue weighted by molar-refractivity contribution is 8.16. The predicted molar refractivity (Wildman–Crippen MR) is 135 cm³/mol. The molecule has 6 nitrogen and oxygen atoms in total. The van der Waals surface area contributed by atoms with Crippen molar-refractivity contribution >= 4 is 34.5 Å². The van der Waals surface area contributed by atoms with E-state index < -0.39 is 12.0 Å². The fourth-order valence-corrected chi connectivity index (χ4v) is 5.23. The van der Waals surface area contributed by atoms with Crippen LogP contribution in [0.1, 0.15) is 48.9 Å². The Bertz CT molecular complexity index is 1210.